The van der Waals surface area contributed by atoms with E-state index in [9.17, 15) is 4.79 Å². The molecule has 2 aromatic rings. The molecular weight excluding hydrogens is 290 g/mol. The number of aromatic nitrogens is 4. The molecule has 6 heteroatoms. The summed E-state index contributed by atoms with van der Waals surface area (Å²) in [5.41, 5.74) is 1.36. The second-order valence-electron chi connectivity index (χ2n) is 6.77. The van der Waals surface area contributed by atoms with Crippen LogP contribution in [-0.4, -0.2) is 37.3 Å². The summed E-state index contributed by atoms with van der Waals surface area (Å²) < 4.78 is 3.50. The van der Waals surface area contributed by atoms with E-state index in [1.54, 1.807) is 7.05 Å². The number of hydrogen-bond acceptors (Lipinski definition) is 4. The highest BCUT2D eigenvalue weighted by molar-refractivity contribution is 5.10. The fraction of sp³-hybridized carbons (Fsp3) is 0.588. The molecule has 23 heavy (non-hydrogen) atoms. The highest BCUT2D eigenvalue weighted by atomic mass is 16.2. The van der Waals surface area contributed by atoms with Crippen LogP contribution in [0.5, 0.6) is 0 Å². The van der Waals surface area contributed by atoms with Gasteiger partial charge in [-0.1, -0.05) is 0 Å². The van der Waals surface area contributed by atoms with Gasteiger partial charge < -0.3 is 0 Å². The van der Waals surface area contributed by atoms with Crippen LogP contribution in [0.25, 0.3) is 0 Å². The molecule has 0 bridgehead atoms. The Morgan fingerprint density at radius 3 is 2.48 bits per heavy atom. The van der Waals surface area contributed by atoms with Crippen LogP contribution in [-0.2, 0) is 13.6 Å². The van der Waals surface area contributed by atoms with Crippen molar-refractivity contribution in [1.82, 2.24) is 24.2 Å². The summed E-state index contributed by atoms with van der Waals surface area (Å²) in [6.07, 6.45) is 8.10. The third-order valence-corrected chi connectivity index (χ3v) is 5.00. The van der Waals surface area contributed by atoms with Gasteiger partial charge in [0, 0.05) is 51.0 Å². The molecule has 122 valence electrons. The number of hydrogen-bond donors (Lipinski definition) is 0. The van der Waals surface area contributed by atoms with Crippen molar-refractivity contribution in [2.24, 2.45) is 7.05 Å². The van der Waals surface area contributed by atoms with Gasteiger partial charge in [-0.2, -0.15) is 5.10 Å². The number of aryl methyl sites for hydroxylation is 1. The van der Waals surface area contributed by atoms with Gasteiger partial charge in [-0.25, -0.2) is 9.48 Å². The number of piperidine rings is 1. The van der Waals surface area contributed by atoms with Crippen molar-refractivity contribution in [3.63, 3.8) is 0 Å². The highest BCUT2D eigenvalue weighted by Gasteiger charge is 2.33. The van der Waals surface area contributed by atoms with Crippen molar-refractivity contribution in [2.75, 3.05) is 13.1 Å². The average Bonchev–Trinajstić information content (AvgIpc) is 3.37. The Balaban J connectivity index is 1.45. The lowest BCUT2D eigenvalue weighted by molar-refractivity contribution is 0.176. The molecule has 0 N–H and O–H groups in total. The third-order valence-electron chi connectivity index (χ3n) is 5.00. The summed E-state index contributed by atoms with van der Waals surface area (Å²) in [5.74, 6) is 1.53. The first-order valence-electron chi connectivity index (χ1n) is 8.49. The molecule has 3 heterocycles. The van der Waals surface area contributed by atoms with Gasteiger partial charge >= 0.3 is 5.69 Å². The first kappa shape index (κ1) is 14.6. The van der Waals surface area contributed by atoms with Crippen molar-refractivity contribution >= 4 is 0 Å². The van der Waals surface area contributed by atoms with Gasteiger partial charge in [0.2, 0.25) is 0 Å². The maximum Gasteiger partial charge on any atom is 0.345 e. The Morgan fingerprint density at radius 2 is 1.83 bits per heavy atom. The van der Waals surface area contributed by atoms with Gasteiger partial charge in [-0.3, -0.25) is 14.5 Å². The monoisotopic (exact) mass is 313 g/mol. The molecule has 1 saturated carbocycles. The first-order chi connectivity index (χ1) is 11.2. The summed E-state index contributed by atoms with van der Waals surface area (Å²) in [7, 11) is 1.77. The summed E-state index contributed by atoms with van der Waals surface area (Å²) >= 11 is 0. The zero-order valence-corrected chi connectivity index (χ0v) is 13.6. The van der Waals surface area contributed by atoms with Crippen LogP contribution < -0.4 is 5.69 Å². The predicted octanol–water partition coefficient (Wildman–Crippen LogP) is 1.69. The molecule has 2 fully saturated rings. The van der Waals surface area contributed by atoms with Gasteiger partial charge in [-0.15, -0.1) is 0 Å². The molecule has 1 aliphatic heterocycles. The summed E-state index contributed by atoms with van der Waals surface area (Å²) in [5, 5.41) is 4.48. The van der Waals surface area contributed by atoms with Crippen molar-refractivity contribution < 1.29 is 0 Å². The van der Waals surface area contributed by atoms with Crippen LogP contribution >= 0.6 is 0 Å². The van der Waals surface area contributed by atoms with Crippen LogP contribution in [0.3, 0.4) is 0 Å². The van der Waals surface area contributed by atoms with Crippen LogP contribution in [0, 0.1) is 0 Å². The Bertz CT molecular complexity index is 723. The zero-order valence-electron chi connectivity index (χ0n) is 13.6. The van der Waals surface area contributed by atoms with E-state index in [-0.39, 0.29) is 5.69 Å². The van der Waals surface area contributed by atoms with E-state index in [4.69, 9.17) is 0 Å². The molecule has 0 amide bonds. The Hall–Kier alpha value is -1.95. The Kier molecular flexibility index (Phi) is 3.77. The average molecular weight is 313 g/mol. The van der Waals surface area contributed by atoms with Crippen molar-refractivity contribution in [3.8, 4) is 0 Å². The lowest BCUT2D eigenvalue weighted by Gasteiger charge is -2.32. The van der Waals surface area contributed by atoms with Crippen LogP contribution in [0.15, 0.2) is 29.3 Å². The normalized spacial score (nSPS) is 20.0. The van der Waals surface area contributed by atoms with Crippen LogP contribution in [0.1, 0.15) is 49.0 Å². The molecule has 0 aromatic carbocycles. The van der Waals surface area contributed by atoms with E-state index >= 15 is 0 Å². The SMILES string of the molecule is Cn1nc(C2CC2)n(C2CCN(Cc3ccncc3)CC2)c1=O. The molecule has 2 aliphatic rings. The first-order valence-corrected chi connectivity index (χ1v) is 8.49. The maximum absolute atomic E-state index is 12.4. The maximum atomic E-state index is 12.4. The molecule has 0 atom stereocenters. The minimum absolute atomic E-state index is 0.0551. The summed E-state index contributed by atoms with van der Waals surface area (Å²) in [6, 6.07) is 4.45. The number of nitrogens with zero attached hydrogens (tertiary/aromatic N) is 5. The number of pyridine rings is 1. The fourth-order valence-corrected chi connectivity index (χ4v) is 3.54. The third kappa shape index (κ3) is 2.95. The number of likely N-dealkylation sites (tertiary alicyclic amines) is 1. The topological polar surface area (TPSA) is 56.0 Å². The zero-order chi connectivity index (χ0) is 15.8. The molecule has 0 radical (unpaired) electrons. The van der Waals surface area contributed by atoms with Crippen molar-refractivity contribution in [3.05, 3.63) is 46.4 Å². The van der Waals surface area contributed by atoms with Gasteiger partial charge in [0.1, 0.15) is 5.82 Å². The van der Waals surface area contributed by atoms with Gasteiger partial charge in [-0.05, 0) is 43.4 Å². The van der Waals surface area contributed by atoms with Gasteiger partial charge in [0.25, 0.3) is 0 Å². The minimum Gasteiger partial charge on any atom is -0.299 e. The molecule has 4 rings (SSSR count). The Labute approximate surface area is 135 Å². The van der Waals surface area contributed by atoms with Crippen LogP contribution in [0.4, 0.5) is 0 Å². The van der Waals surface area contributed by atoms with Crippen molar-refractivity contribution in [1.29, 1.82) is 0 Å². The van der Waals surface area contributed by atoms with E-state index < -0.39 is 0 Å². The molecular formula is C17H23N5O. The minimum atomic E-state index is 0.0551. The second-order valence-corrected chi connectivity index (χ2v) is 6.77. The van der Waals surface area contributed by atoms with E-state index in [1.807, 2.05) is 17.0 Å². The molecule has 1 aliphatic carbocycles. The lowest BCUT2D eigenvalue weighted by atomic mass is 10.0. The number of rotatable bonds is 4. The molecule has 0 spiro atoms. The predicted molar refractivity (Wildman–Crippen MR) is 87.2 cm³/mol. The van der Waals surface area contributed by atoms with Gasteiger partial charge in [0.05, 0.1) is 0 Å². The smallest absolute Gasteiger partial charge is 0.299 e. The van der Waals surface area contributed by atoms with E-state index in [0.717, 1.165) is 38.3 Å². The molecule has 1 saturated heterocycles. The van der Waals surface area contributed by atoms with Crippen molar-refractivity contribution in [2.45, 2.75) is 44.2 Å². The quantitative estimate of drug-likeness (QED) is 0.862. The summed E-state index contributed by atoms with van der Waals surface area (Å²) in [4.78, 5) is 19.0. The van der Waals surface area contributed by atoms with Gasteiger partial charge in [0.15, 0.2) is 0 Å². The van der Waals surface area contributed by atoms with E-state index in [2.05, 4.69) is 27.1 Å². The fourth-order valence-electron chi connectivity index (χ4n) is 3.54. The second kappa shape index (κ2) is 5.92. The molecule has 2 aromatic heterocycles. The highest BCUT2D eigenvalue weighted by Crippen LogP contribution is 2.40. The van der Waals surface area contributed by atoms with E-state index in [1.165, 1.54) is 23.1 Å². The van der Waals surface area contributed by atoms with E-state index in [0.29, 0.717) is 12.0 Å². The summed E-state index contributed by atoms with van der Waals surface area (Å²) in [6.45, 7) is 3.02. The largest absolute Gasteiger partial charge is 0.345 e. The standard InChI is InChI=1S/C17H23N5O/c1-20-17(23)22(16(19-20)14-2-3-14)15-6-10-21(11-7-15)12-13-4-8-18-9-5-13/h4-5,8-9,14-15H,2-3,6-7,10-12H2,1H3. The molecule has 0 unspecified atom stereocenters. The molecule has 6 nitrogen and oxygen atoms in total. The Morgan fingerprint density at radius 1 is 1.13 bits per heavy atom. The lowest BCUT2D eigenvalue weighted by Crippen LogP contribution is -2.37. The van der Waals surface area contributed by atoms with Crippen LogP contribution in [0.2, 0.25) is 0 Å².